The highest BCUT2D eigenvalue weighted by Gasteiger charge is 2.03. The average Bonchev–Trinajstić information content (AvgIpc) is 2.52. The highest BCUT2D eigenvalue weighted by atomic mass is 79.9. The first-order valence-electron chi connectivity index (χ1n) is 6.95. The fourth-order valence-corrected chi connectivity index (χ4v) is 1.94. The van der Waals surface area contributed by atoms with Crippen LogP contribution in [0.15, 0.2) is 55.0 Å². The molecule has 0 fully saturated rings. The molecule has 2 aromatic heterocycles. The largest absolute Gasteiger partial charge is 1.00 e. The van der Waals surface area contributed by atoms with Gasteiger partial charge in [-0.25, -0.2) is 4.57 Å². The van der Waals surface area contributed by atoms with Gasteiger partial charge in [0, 0.05) is 31.2 Å². The lowest BCUT2D eigenvalue weighted by atomic mass is 10.2. The van der Waals surface area contributed by atoms with Gasteiger partial charge in [0.15, 0.2) is 12.4 Å². The second-order valence-electron chi connectivity index (χ2n) is 4.67. The van der Waals surface area contributed by atoms with E-state index in [-0.39, 0.29) is 22.9 Å². The quantitative estimate of drug-likeness (QED) is 0.507. The number of hydrogen-bond donors (Lipinski definition) is 1. The molecule has 5 heteroatoms. The fraction of sp³-hybridized carbons (Fsp3) is 0.312. The maximum atomic E-state index is 11.7. The Labute approximate surface area is 136 Å². The standard InChI is InChI=1S/C16H19N3O.BrH/c20-16(18-14-15-8-2-4-10-17-15)9-3-7-13-19-11-5-1-6-12-19;/h1-2,4-6,8,10-12H,3,7,9,13-14H2;1H. The van der Waals surface area contributed by atoms with Gasteiger partial charge in [-0.1, -0.05) is 12.1 Å². The van der Waals surface area contributed by atoms with Gasteiger partial charge in [-0.3, -0.25) is 9.78 Å². The van der Waals surface area contributed by atoms with Crippen LogP contribution in [0, 0.1) is 0 Å². The van der Waals surface area contributed by atoms with Crippen molar-refractivity contribution >= 4 is 5.91 Å². The van der Waals surface area contributed by atoms with Crippen LogP contribution >= 0.6 is 0 Å². The number of amides is 1. The lowest BCUT2D eigenvalue weighted by Crippen LogP contribution is -3.00. The molecule has 0 atom stereocenters. The van der Waals surface area contributed by atoms with Gasteiger partial charge in [-0.2, -0.15) is 0 Å². The topological polar surface area (TPSA) is 45.9 Å². The zero-order valence-electron chi connectivity index (χ0n) is 11.9. The maximum Gasteiger partial charge on any atom is 0.220 e. The Morgan fingerprint density at radius 3 is 2.62 bits per heavy atom. The SMILES string of the molecule is O=C(CCCC[n+]1ccccc1)NCc1ccccn1.[Br-]. The molecule has 0 saturated carbocycles. The van der Waals surface area contributed by atoms with Crippen molar-refractivity contribution in [1.82, 2.24) is 10.3 Å². The first-order valence-corrected chi connectivity index (χ1v) is 6.95. The third-order valence-corrected chi connectivity index (χ3v) is 3.04. The van der Waals surface area contributed by atoms with Gasteiger partial charge < -0.3 is 22.3 Å². The van der Waals surface area contributed by atoms with Crippen molar-refractivity contribution in [2.45, 2.75) is 32.4 Å². The minimum Gasteiger partial charge on any atom is -1.00 e. The number of carbonyl (C=O) groups is 1. The van der Waals surface area contributed by atoms with Crippen molar-refractivity contribution in [2.24, 2.45) is 0 Å². The molecule has 1 N–H and O–H groups in total. The molecule has 112 valence electrons. The van der Waals surface area contributed by atoms with Gasteiger partial charge >= 0.3 is 0 Å². The zero-order valence-corrected chi connectivity index (χ0v) is 13.5. The summed E-state index contributed by atoms with van der Waals surface area (Å²) in [5.74, 6) is 0.0914. The number of aryl methyl sites for hydroxylation is 1. The van der Waals surface area contributed by atoms with Crippen LogP contribution in [0.25, 0.3) is 0 Å². The predicted molar refractivity (Wildman–Crippen MR) is 76.6 cm³/mol. The molecule has 4 nitrogen and oxygen atoms in total. The van der Waals surface area contributed by atoms with E-state index >= 15 is 0 Å². The van der Waals surface area contributed by atoms with E-state index in [0.29, 0.717) is 13.0 Å². The molecule has 1 amide bonds. The average molecular weight is 350 g/mol. The van der Waals surface area contributed by atoms with E-state index in [4.69, 9.17) is 0 Å². The van der Waals surface area contributed by atoms with E-state index in [1.165, 1.54) is 0 Å². The summed E-state index contributed by atoms with van der Waals surface area (Å²) in [7, 11) is 0. The third kappa shape index (κ3) is 6.99. The molecule has 21 heavy (non-hydrogen) atoms. The molecule has 0 aliphatic heterocycles. The molecule has 0 saturated heterocycles. The minimum atomic E-state index is 0. The van der Waals surface area contributed by atoms with E-state index < -0.39 is 0 Å². The Morgan fingerprint density at radius 1 is 1.10 bits per heavy atom. The summed E-state index contributed by atoms with van der Waals surface area (Å²) in [6.45, 7) is 1.46. The van der Waals surface area contributed by atoms with Crippen molar-refractivity contribution < 1.29 is 26.3 Å². The number of nitrogens with one attached hydrogen (secondary N) is 1. The molecule has 0 spiro atoms. The molecule has 2 rings (SSSR count). The summed E-state index contributed by atoms with van der Waals surface area (Å²) in [6, 6.07) is 11.7. The van der Waals surface area contributed by atoms with E-state index in [1.807, 2.05) is 48.8 Å². The fourth-order valence-electron chi connectivity index (χ4n) is 1.94. The van der Waals surface area contributed by atoms with Gasteiger partial charge in [0.1, 0.15) is 6.54 Å². The number of carbonyl (C=O) groups excluding carboxylic acids is 1. The number of rotatable bonds is 7. The normalized spacial score (nSPS) is 9.71. The second kappa shape index (κ2) is 10.0. The van der Waals surface area contributed by atoms with Crippen LogP contribution in [-0.2, 0) is 17.9 Å². The van der Waals surface area contributed by atoms with E-state index in [9.17, 15) is 4.79 Å². The van der Waals surface area contributed by atoms with Crippen LogP contribution in [0.1, 0.15) is 25.0 Å². The van der Waals surface area contributed by atoms with Crippen LogP contribution in [0.2, 0.25) is 0 Å². The lowest BCUT2D eigenvalue weighted by Gasteiger charge is -2.04. The molecule has 0 bridgehead atoms. The highest BCUT2D eigenvalue weighted by molar-refractivity contribution is 5.75. The Hall–Kier alpha value is -1.75. The summed E-state index contributed by atoms with van der Waals surface area (Å²) in [4.78, 5) is 15.9. The van der Waals surface area contributed by atoms with Crippen LogP contribution in [0.4, 0.5) is 0 Å². The van der Waals surface area contributed by atoms with Gasteiger partial charge in [0.25, 0.3) is 0 Å². The van der Waals surface area contributed by atoms with Crippen molar-refractivity contribution in [1.29, 1.82) is 0 Å². The summed E-state index contributed by atoms with van der Waals surface area (Å²) in [5.41, 5.74) is 0.890. The number of halogens is 1. The molecular weight excluding hydrogens is 330 g/mol. The summed E-state index contributed by atoms with van der Waals surface area (Å²) in [6.07, 6.45) is 8.29. The minimum absolute atomic E-state index is 0. The van der Waals surface area contributed by atoms with Gasteiger partial charge in [-0.05, 0) is 18.6 Å². The third-order valence-electron chi connectivity index (χ3n) is 3.04. The second-order valence-corrected chi connectivity index (χ2v) is 4.67. The lowest BCUT2D eigenvalue weighted by molar-refractivity contribution is -0.697. The number of aromatic nitrogens is 2. The Balaban J connectivity index is 0.00000220. The Morgan fingerprint density at radius 2 is 1.90 bits per heavy atom. The number of unbranched alkanes of at least 4 members (excludes halogenated alkanes) is 1. The van der Waals surface area contributed by atoms with Gasteiger partial charge in [0.2, 0.25) is 5.91 Å². The van der Waals surface area contributed by atoms with Crippen LogP contribution in [0.5, 0.6) is 0 Å². The first kappa shape index (κ1) is 17.3. The molecule has 0 aliphatic carbocycles. The number of nitrogens with zero attached hydrogens (tertiary/aromatic N) is 2. The number of pyridine rings is 2. The van der Waals surface area contributed by atoms with Crippen LogP contribution in [0.3, 0.4) is 0 Å². The van der Waals surface area contributed by atoms with E-state index in [1.54, 1.807) is 6.20 Å². The molecule has 2 heterocycles. The van der Waals surface area contributed by atoms with Crippen molar-refractivity contribution in [2.75, 3.05) is 0 Å². The summed E-state index contributed by atoms with van der Waals surface area (Å²) >= 11 is 0. The summed E-state index contributed by atoms with van der Waals surface area (Å²) in [5, 5.41) is 2.89. The predicted octanol–water partition coefficient (Wildman–Crippen LogP) is -1.14. The molecule has 2 aromatic rings. The Kier molecular flexibility index (Phi) is 8.28. The maximum absolute atomic E-state index is 11.7. The zero-order chi connectivity index (χ0) is 14.0. The number of hydrogen-bond acceptors (Lipinski definition) is 2. The van der Waals surface area contributed by atoms with Crippen molar-refractivity contribution in [3.63, 3.8) is 0 Å². The van der Waals surface area contributed by atoms with Crippen molar-refractivity contribution in [3.8, 4) is 0 Å². The van der Waals surface area contributed by atoms with Crippen LogP contribution in [-0.4, -0.2) is 10.9 Å². The molecule has 0 aliphatic rings. The van der Waals surface area contributed by atoms with E-state index in [0.717, 1.165) is 25.1 Å². The molecular formula is C16H20BrN3O. The summed E-state index contributed by atoms with van der Waals surface area (Å²) < 4.78 is 2.13. The first-order chi connectivity index (χ1) is 9.84. The van der Waals surface area contributed by atoms with Gasteiger partial charge in [-0.15, -0.1) is 0 Å². The van der Waals surface area contributed by atoms with Crippen molar-refractivity contribution in [3.05, 3.63) is 60.7 Å². The molecule has 0 radical (unpaired) electrons. The van der Waals surface area contributed by atoms with Gasteiger partial charge in [0.05, 0.1) is 12.2 Å². The molecule has 0 aromatic carbocycles. The monoisotopic (exact) mass is 349 g/mol. The molecule has 0 unspecified atom stereocenters. The van der Waals surface area contributed by atoms with E-state index in [2.05, 4.69) is 14.9 Å². The Bertz CT molecular complexity index is 520. The van der Waals surface area contributed by atoms with Crippen LogP contribution < -0.4 is 26.9 Å². The highest BCUT2D eigenvalue weighted by Crippen LogP contribution is 1.97. The smallest absolute Gasteiger partial charge is 0.220 e.